The van der Waals surface area contributed by atoms with E-state index in [2.05, 4.69) is 31.3 Å². The van der Waals surface area contributed by atoms with Crippen LogP contribution in [0.15, 0.2) is 53.0 Å². The number of hydrogen-bond donors (Lipinski definition) is 1. The van der Waals surface area contributed by atoms with Crippen LogP contribution in [0, 0.1) is 6.92 Å². The first-order valence-corrected chi connectivity index (χ1v) is 9.51. The maximum absolute atomic E-state index is 12.6. The molecular weight excluding hydrogens is 446 g/mol. The lowest BCUT2D eigenvalue weighted by atomic mass is 10.3. The summed E-state index contributed by atoms with van der Waals surface area (Å²) >= 11 is 9.27. The molecule has 0 atom stereocenters. The summed E-state index contributed by atoms with van der Waals surface area (Å²) < 4.78 is 2.31. The minimum absolute atomic E-state index is 0.0173. The molecule has 0 aliphatic heterocycles. The molecule has 7 nitrogen and oxygen atoms in total. The van der Waals surface area contributed by atoms with E-state index in [4.69, 9.17) is 11.6 Å². The minimum atomic E-state index is -0.446. The predicted octanol–water partition coefficient (Wildman–Crippen LogP) is 3.70. The van der Waals surface area contributed by atoms with Crippen molar-refractivity contribution >= 4 is 45.0 Å². The van der Waals surface area contributed by atoms with Gasteiger partial charge >= 0.3 is 0 Å². The Morgan fingerprint density at radius 1 is 1.18 bits per heavy atom. The molecule has 0 saturated carbocycles. The molecule has 0 fully saturated rings. The molecule has 3 rings (SSSR count). The van der Waals surface area contributed by atoms with Crippen LogP contribution < -0.4 is 5.32 Å². The van der Waals surface area contributed by atoms with Gasteiger partial charge in [-0.15, -0.1) is 5.10 Å². The smallest absolute Gasteiger partial charge is 0.293 e. The molecule has 3 aromatic rings. The Bertz CT molecular complexity index is 1020. The molecular formula is C19H17BrClN5O2. The molecule has 144 valence electrons. The molecule has 28 heavy (non-hydrogen) atoms. The maximum atomic E-state index is 12.6. The Balaban J connectivity index is 1.69. The second-order valence-corrected chi connectivity index (χ2v) is 7.35. The summed E-state index contributed by atoms with van der Waals surface area (Å²) in [5, 5.41) is 7.63. The lowest BCUT2D eigenvalue weighted by molar-refractivity contribution is -0.116. The van der Waals surface area contributed by atoms with Crippen molar-refractivity contribution in [2.24, 2.45) is 0 Å². The minimum Gasteiger partial charge on any atom is -0.330 e. The Labute approximate surface area is 175 Å². The maximum Gasteiger partial charge on any atom is 0.293 e. The zero-order valence-corrected chi connectivity index (χ0v) is 17.5. The van der Waals surface area contributed by atoms with Crippen molar-refractivity contribution < 1.29 is 9.59 Å². The normalized spacial score (nSPS) is 10.6. The highest BCUT2D eigenvalue weighted by Crippen LogP contribution is 2.21. The highest BCUT2D eigenvalue weighted by molar-refractivity contribution is 9.10. The van der Waals surface area contributed by atoms with Crippen LogP contribution in [0.2, 0.25) is 5.02 Å². The van der Waals surface area contributed by atoms with E-state index in [1.165, 1.54) is 11.9 Å². The summed E-state index contributed by atoms with van der Waals surface area (Å²) in [6.45, 7) is 1.62. The highest BCUT2D eigenvalue weighted by Gasteiger charge is 2.21. The predicted molar refractivity (Wildman–Crippen MR) is 111 cm³/mol. The second kappa shape index (κ2) is 8.53. The molecule has 0 unspecified atom stereocenters. The van der Waals surface area contributed by atoms with Crippen molar-refractivity contribution in [3.8, 4) is 5.69 Å². The Hall–Kier alpha value is -2.71. The van der Waals surface area contributed by atoms with E-state index in [0.717, 1.165) is 10.2 Å². The van der Waals surface area contributed by atoms with Crippen molar-refractivity contribution in [3.63, 3.8) is 0 Å². The van der Waals surface area contributed by atoms with E-state index in [1.54, 1.807) is 41.9 Å². The Morgan fingerprint density at radius 2 is 1.86 bits per heavy atom. The van der Waals surface area contributed by atoms with Crippen LogP contribution in [0.3, 0.4) is 0 Å². The molecule has 1 N–H and O–H groups in total. The largest absolute Gasteiger partial charge is 0.330 e. The number of nitrogens with one attached hydrogen (secondary N) is 1. The Morgan fingerprint density at radius 3 is 2.54 bits per heavy atom. The molecule has 0 spiro atoms. The SMILES string of the molecule is Cc1nc(C(=O)N(C)CC(=O)Nc2ccccc2Br)nn1-c1ccc(Cl)cc1. The summed E-state index contributed by atoms with van der Waals surface area (Å²) in [5.41, 5.74) is 1.37. The molecule has 9 heteroatoms. The number of carbonyl (C=O) groups is 2. The molecule has 1 aromatic heterocycles. The fourth-order valence-corrected chi connectivity index (χ4v) is 3.03. The van der Waals surface area contributed by atoms with Crippen LogP contribution >= 0.6 is 27.5 Å². The summed E-state index contributed by atoms with van der Waals surface area (Å²) in [5.74, 6) is -0.199. The van der Waals surface area contributed by atoms with Gasteiger partial charge in [0.15, 0.2) is 0 Å². The Kier molecular flexibility index (Phi) is 6.11. The van der Waals surface area contributed by atoms with Crippen LogP contribution in [0.5, 0.6) is 0 Å². The van der Waals surface area contributed by atoms with Crippen molar-refractivity contribution in [3.05, 3.63) is 69.7 Å². The van der Waals surface area contributed by atoms with Crippen molar-refractivity contribution in [1.29, 1.82) is 0 Å². The fraction of sp³-hybridized carbons (Fsp3) is 0.158. The molecule has 0 aliphatic rings. The molecule has 2 aromatic carbocycles. The van der Waals surface area contributed by atoms with Gasteiger partial charge in [-0.05, 0) is 59.3 Å². The molecule has 1 heterocycles. The average Bonchev–Trinajstić information content (AvgIpc) is 3.05. The first-order valence-electron chi connectivity index (χ1n) is 8.34. The van der Waals surface area contributed by atoms with Gasteiger partial charge in [0.2, 0.25) is 11.7 Å². The van der Waals surface area contributed by atoms with E-state index in [-0.39, 0.29) is 18.3 Å². The topological polar surface area (TPSA) is 80.1 Å². The van der Waals surface area contributed by atoms with Gasteiger partial charge in [0.05, 0.1) is 17.9 Å². The zero-order valence-electron chi connectivity index (χ0n) is 15.2. The standard InChI is InChI=1S/C19H17BrClN5O2/c1-12-22-18(24-26(12)14-9-7-13(21)8-10-14)19(28)25(2)11-17(27)23-16-6-4-3-5-15(16)20/h3-10H,11H2,1-2H3,(H,23,27). The van der Waals surface area contributed by atoms with Crippen LogP contribution in [0.4, 0.5) is 5.69 Å². The van der Waals surface area contributed by atoms with Gasteiger partial charge in [-0.3, -0.25) is 9.59 Å². The van der Waals surface area contributed by atoms with Gasteiger partial charge in [-0.25, -0.2) is 9.67 Å². The van der Waals surface area contributed by atoms with Gasteiger partial charge in [0.25, 0.3) is 5.91 Å². The van der Waals surface area contributed by atoms with E-state index < -0.39 is 5.91 Å². The van der Waals surface area contributed by atoms with Gasteiger partial charge in [-0.2, -0.15) is 0 Å². The van der Waals surface area contributed by atoms with E-state index in [0.29, 0.717) is 16.5 Å². The van der Waals surface area contributed by atoms with Crippen molar-refractivity contribution in [2.45, 2.75) is 6.92 Å². The fourth-order valence-electron chi connectivity index (χ4n) is 2.52. The average molecular weight is 463 g/mol. The number of aryl methyl sites for hydroxylation is 1. The lowest BCUT2D eigenvalue weighted by Crippen LogP contribution is -2.35. The lowest BCUT2D eigenvalue weighted by Gasteiger charge is -2.15. The monoisotopic (exact) mass is 461 g/mol. The second-order valence-electron chi connectivity index (χ2n) is 6.06. The molecule has 0 radical (unpaired) electrons. The summed E-state index contributed by atoms with van der Waals surface area (Å²) in [6.07, 6.45) is 0. The number of carbonyl (C=O) groups excluding carboxylic acids is 2. The van der Waals surface area contributed by atoms with E-state index >= 15 is 0 Å². The van der Waals surface area contributed by atoms with Crippen LogP contribution in [0.1, 0.15) is 16.4 Å². The summed E-state index contributed by atoms with van der Waals surface area (Å²) in [7, 11) is 1.53. The quantitative estimate of drug-likeness (QED) is 0.627. The van der Waals surface area contributed by atoms with Crippen molar-refractivity contribution in [2.75, 3.05) is 18.9 Å². The number of amides is 2. The first-order chi connectivity index (χ1) is 13.3. The van der Waals surface area contributed by atoms with Gasteiger partial charge in [-0.1, -0.05) is 23.7 Å². The van der Waals surface area contributed by atoms with Crippen LogP contribution in [0.25, 0.3) is 5.69 Å². The number of rotatable bonds is 5. The van der Waals surface area contributed by atoms with E-state index in [1.807, 2.05) is 18.2 Å². The van der Waals surface area contributed by atoms with Crippen molar-refractivity contribution in [1.82, 2.24) is 19.7 Å². The highest BCUT2D eigenvalue weighted by atomic mass is 79.9. The van der Waals surface area contributed by atoms with Gasteiger partial charge in [0.1, 0.15) is 5.82 Å². The third kappa shape index (κ3) is 4.58. The number of halogens is 2. The molecule has 0 aliphatic carbocycles. The van der Waals surface area contributed by atoms with Crippen LogP contribution in [-0.4, -0.2) is 45.1 Å². The van der Waals surface area contributed by atoms with Gasteiger partial charge in [0, 0.05) is 16.5 Å². The number of hydrogen-bond acceptors (Lipinski definition) is 4. The summed E-state index contributed by atoms with van der Waals surface area (Å²) in [6, 6.07) is 14.3. The zero-order chi connectivity index (χ0) is 20.3. The van der Waals surface area contributed by atoms with Crippen LogP contribution in [-0.2, 0) is 4.79 Å². The molecule has 2 amide bonds. The molecule has 0 saturated heterocycles. The molecule has 0 bridgehead atoms. The number of nitrogens with zero attached hydrogens (tertiary/aromatic N) is 4. The number of benzene rings is 2. The third-order valence-electron chi connectivity index (χ3n) is 3.91. The number of anilines is 1. The third-order valence-corrected chi connectivity index (χ3v) is 4.85. The van der Waals surface area contributed by atoms with Gasteiger partial charge < -0.3 is 10.2 Å². The number of likely N-dealkylation sites (N-methyl/N-ethyl adjacent to an activating group) is 1. The summed E-state index contributed by atoms with van der Waals surface area (Å²) in [4.78, 5) is 30.4. The first kappa shape index (κ1) is 20.0. The van der Waals surface area contributed by atoms with E-state index in [9.17, 15) is 9.59 Å². The number of aromatic nitrogens is 3. The number of para-hydroxylation sites is 1.